The molecule has 3 N–H and O–H groups in total. The lowest BCUT2D eigenvalue weighted by atomic mass is 10.3. The first-order valence-electron chi connectivity index (χ1n) is 5.44. The van der Waals surface area contributed by atoms with Gasteiger partial charge in [0.25, 0.3) is 0 Å². The van der Waals surface area contributed by atoms with Crippen molar-refractivity contribution in [2.45, 2.75) is 23.9 Å². The SMILES string of the molecule is NCCn1cc(S(=O)(=O)NC2CCOC2)cn1. The summed E-state index contributed by atoms with van der Waals surface area (Å²) in [5.74, 6) is 0. The molecule has 17 heavy (non-hydrogen) atoms. The first-order chi connectivity index (χ1) is 8.12. The number of nitrogens with two attached hydrogens (primary N) is 1. The van der Waals surface area contributed by atoms with E-state index in [2.05, 4.69) is 9.82 Å². The standard InChI is InChI=1S/C9H16N4O3S/c10-2-3-13-6-9(5-11-13)17(14,15)12-8-1-4-16-7-8/h5-6,8,12H,1-4,7,10H2. The van der Waals surface area contributed by atoms with Crippen LogP contribution in [-0.4, -0.2) is 44.0 Å². The minimum absolute atomic E-state index is 0.141. The van der Waals surface area contributed by atoms with Crippen molar-refractivity contribution < 1.29 is 13.2 Å². The molecule has 1 aliphatic heterocycles. The molecule has 0 radical (unpaired) electrons. The van der Waals surface area contributed by atoms with Crippen molar-refractivity contribution in [3.05, 3.63) is 12.4 Å². The number of nitrogens with one attached hydrogen (secondary N) is 1. The summed E-state index contributed by atoms with van der Waals surface area (Å²) >= 11 is 0. The van der Waals surface area contributed by atoms with Crippen LogP contribution in [0.15, 0.2) is 17.3 Å². The highest BCUT2D eigenvalue weighted by Crippen LogP contribution is 2.11. The molecule has 7 nitrogen and oxygen atoms in total. The minimum Gasteiger partial charge on any atom is -0.380 e. The molecule has 96 valence electrons. The van der Waals surface area contributed by atoms with Crippen LogP contribution >= 0.6 is 0 Å². The molecule has 1 unspecified atom stereocenters. The van der Waals surface area contributed by atoms with E-state index in [1.807, 2.05) is 0 Å². The molecule has 1 saturated heterocycles. The van der Waals surface area contributed by atoms with Gasteiger partial charge in [-0.15, -0.1) is 0 Å². The summed E-state index contributed by atoms with van der Waals surface area (Å²) in [6, 6.07) is -0.141. The molecule has 1 aromatic rings. The second-order valence-corrected chi connectivity index (χ2v) is 5.62. The van der Waals surface area contributed by atoms with Crippen LogP contribution in [0, 0.1) is 0 Å². The van der Waals surface area contributed by atoms with Crippen molar-refractivity contribution in [2.24, 2.45) is 5.73 Å². The lowest BCUT2D eigenvalue weighted by molar-refractivity contribution is 0.192. The van der Waals surface area contributed by atoms with E-state index in [9.17, 15) is 8.42 Å². The fraction of sp³-hybridized carbons (Fsp3) is 0.667. The van der Waals surface area contributed by atoms with E-state index in [1.54, 1.807) is 0 Å². The van der Waals surface area contributed by atoms with Crippen molar-refractivity contribution >= 4 is 10.0 Å². The molecule has 2 heterocycles. The molecule has 8 heteroatoms. The van der Waals surface area contributed by atoms with E-state index in [-0.39, 0.29) is 10.9 Å². The van der Waals surface area contributed by atoms with Gasteiger partial charge in [0, 0.05) is 25.4 Å². The van der Waals surface area contributed by atoms with Crippen LogP contribution in [0.4, 0.5) is 0 Å². The van der Waals surface area contributed by atoms with Gasteiger partial charge in [0.1, 0.15) is 4.90 Å². The highest BCUT2D eigenvalue weighted by molar-refractivity contribution is 7.89. The van der Waals surface area contributed by atoms with Gasteiger partial charge in [-0.25, -0.2) is 13.1 Å². The predicted molar refractivity (Wildman–Crippen MR) is 60.8 cm³/mol. The van der Waals surface area contributed by atoms with Crippen LogP contribution in [0.25, 0.3) is 0 Å². The van der Waals surface area contributed by atoms with Crippen LogP contribution in [0.1, 0.15) is 6.42 Å². The Balaban J connectivity index is 2.07. The van der Waals surface area contributed by atoms with Crippen LogP contribution in [0.5, 0.6) is 0 Å². The van der Waals surface area contributed by atoms with Gasteiger partial charge in [0.05, 0.1) is 19.3 Å². The average Bonchev–Trinajstić information content (AvgIpc) is 2.88. The van der Waals surface area contributed by atoms with Crippen molar-refractivity contribution in [3.63, 3.8) is 0 Å². The number of sulfonamides is 1. The quantitative estimate of drug-likeness (QED) is 0.701. The number of rotatable bonds is 5. The summed E-state index contributed by atoms with van der Waals surface area (Å²) in [6.07, 6.45) is 3.51. The molecule has 0 saturated carbocycles. The summed E-state index contributed by atoms with van der Waals surface area (Å²) in [7, 11) is -3.50. The zero-order valence-electron chi connectivity index (χ0n) is 9.37. The Hall–Kier alpha value is -0.960. The fourth-order valence-electron chi connectivity index (χ4n) is 1.65. The summed E-state index contributed by atoms with van der Waals surface area (Å²) in [6.45, 7) is 1.95. The van der Waals surface area contributed by atoms with Gasteiger partial charge in [-0.2, -0.15) is 5.10 Å². The number of ether oxygens (including phenoxy) is 1. The smallest absolute Gasteiger partial charge is 0.244 e. The molecular weight excluding hydrogens is 244 g/mol. The Morgan fingerprint density at radius 1 is 1.65 bits per heavy atom. The molecule has 0 spiro atoms. The Morgan fingerprint density at radius 3 is 3.12 bits per heavy atom. The zero-order chi connectivity index (χ0) is 12.3. The van der Waals surface area contributed by atoms with Crippen LogP contribution < -0.4 is 10.5 Å². The Bertz CT molecular complexity index is 464. The van der Waals surface area contributed by atoms with Gasteiger partial charge in [0.15, 0.2) is 0 Å². The fourth-order valence-corrected chi connectivity index (χ4v) is 2.86. The van der Waals surface area contributed by atoms with Gasteiger partial charge in [-0.3, -0.25) is 4.68 Å². The molecular formula is C9H16N4O3S. The molecule has 0 aromatic carbocycles. The maximum atomic E-state index is 12.0. The summed E-state index contributed by atoms with van der Waals surface area (Å²) in [4.78, 5) is 0.165. The first kappa shape index (κ1) is 12.5. The lowest BCUT2D eigenvalue weighted by Gasteiger charge is -2.09. The minimum atomic E-state index is -3.50. The summed E-state index contributed by atoms with van der Waals surface area (Å²) in [5.41, 5.74) is 5.37. The molecule has 0 aliphatic carbocycles. The van der Waals surface area contributed by atoms with Crippen LogP contribution in [0.2, 0.25) is 0 Å². The average molecular weight is 260 g/mol. The second kappa shape index (κ2) is 5.13. The zero-order valence-corrected chi connectivity index (χ0v) is 10.2. The second-order valence-electron chi connectivity index (χ2n) is 3.91. The first-order valence-corrected chi connectivity index (χ1v) is 6.93. The van der Waals surface area contributed by atoms with Gasteiger partial charge < -0.3 is 10.5 Å². The third kappa shape index (κ3) is 3.03. The Kier molecular flexibility index (Phi) is 3.77. The molecule has 0 amide bonds. The third-order valence-corrected chi connectivity index (χ3v) is 4.00. The third-order valence-electron chi connectivity index (χ3n) is 2.53. The summed E-state index contributed by atoms with van der Waals surface area (Å²) < 4.78 is 33.1. The number of aromatic nitrogens is 2. The molecule has 0 bridgehead atoms. The highest BCUT2D eigenvalue weighted by Gasteiger charge is 2.24. The van der Waals surface area contributed by atoms with E-state index in [4.69, 9.17) is 10.5 Å². The van der Waals surface area contributed by atoms with Crippen molar-refractivity contribution in [2.75, 3.05) is 19.8 Å². The van der Waals surface area contributed by atoms with Crippen molar-refractivity contribution in [1.29, 1.82) is 0 Å². The maximum Gasteiger partial charge on any atom is 0.244 e. The van der Waals surface area contributed by atoms with Gasteiger partial charge in [-0.1, -0.05) is 0 Å². The molecule has 1 aliphatic rings. The predicted octanol–water partition coefficient (Wildman–Crippen LogP) is -1.09. The lowest BCUT2D eigenvalue weighted by Crippen LogP contribution is -2.34. The number of hydrogen-bond acceptors (Lipinski definition) is 5. The summed E-state index contributed by atoms with van der Waals surface area (Å²) in [5, 5.41) is 3.93. The molecule has 2 rings (SSSR count). The monoisotopic (exact) mass is 260 g/mol. The van der Waals surface area contributed by atoms with Gasteiger partial charge >= 0.3 is 0 Å². The molecule has 1 fully saturated rings. The van der Waals surface area contributed by atoms with Crippen LogP contribution in [0.3, 0.4) is 0 Å². The number of hydrogen-bond donors (Lipinski definition) is 2. The molecule has 1 atom stereocenters. The highest BCUT2D eigenvalue weighted by atomic mass is 32.2. The molecule has 1 aromatic heterocycles. The Morgan fingerprint density at radius 2 is 2.47 bits per heavy atom. The maximum absolute atomic E-state index is 12.0. The van der Waals surface area contributed by atoms with E-state index < -0.39 is 10.0 Å². The van der Waals surface area contributed by atoms with E-state index in [0.29, 0.717) is 32.7 Å². The van der Waals surface area contributed by atoms with E-state index in [0.717, 1.165) is 0 Å². The topological polar surface area (TPSA) is 99.2 Å². The van der Waals surface area contributed by atoms with Crippen LogP contribution in [-0.2, 0) is 21.3 Å². The van der Waals surface area contributed by atoms with Crippen molar-refractivity contribution in [1.82, 2.24) is 14.5 Å². The largest absolute Gasteiger partial charge is 0.380 e. The van der Waals surface area contributed by atoms with Gasteiger partial charge in [-0.05, 0) is 6.42 Å². The Labute approximate surface area is 100.0 Å². The number of nitrogens with zero attached hydrogens (tertiary/aromatic N) is 2. The van der Waals surface area contributed by atoms with E-state index >= 15 is 0 Å². The van der Waals surface area contributed by atoms with Crippen molar-refractivity contribution in [3.8, 4) is 0 Å². The van der Waals surface area contributed by atoms with E-state index in [1.165, 1.54) is 17.1 Å². The normalized spacial score (nSPS) is 20.9. The van der Waals surface area contributed by atoms with Gasteiger partial charge in [0.2, 0.25) is 10.0 Å².